The van der Waals surface area contributed by atoms with Crippen molar-refractivity contribution in [3.8, 4) is 33.6 Å². The van der Waals surface area contributed by atoms with Crippen LogP contribution in [0.3, 0.4) is 0 Å². The molecule has 0 saturated carbocycles. The first kappa shape index (κ1) is 35.2. The largest absolute Gasteiger partial charge is 0.501 e. The van der Waals surface area contributed by atoms with Gasteiger partial charge < -0.3 is 14.4 Å². The van der Waals surface area contributed by atoms with Gasteiger partial charge in [0.1, 0.15) is 5.58 Å². The summed E-state index contributed by atoms with van der Waals surface area (Å²) in [6.45, 7) is 19.9. The fraction of sp³-hybridized carbons (Fsp3) is 0.209. The third-order valence-electron chi connectivity index (χ3n) is 8.81. The molecule has 0 atom stereocenters. The first-order chi connectivity index (χ1) is 22.4. The molecule has 0 aliphatic heterocycles. The Balaban J connectivity index is 0.000000205. The van der Waals surface area contributed by atoms with Crippen LogP contribution < -0.4 is 5.19 Å². The molecule has 0 aliphatic rings. The van der Waals surface area contributed by atoms with Gasteiger partial charge in [0.2, 0.25) is 0 Å². The van der Waals surface area contributed by atoms with Crippen molar-refractivity contribution in [2.75, 3.05) is 0 Å². The smallest absolute Gasteiger partial charge is 0.121 e. The molecule has 0 spiro atoms. The summed E-state index contributed by atoms with van der Waals surface area (Å²) in [5, 5.41) is 3.66. The van der Waals surface area contributed by atoms with Crippen LogP contribution in [-0.4, -0.2) is 18.0 Å². The Labute approximate surface area is 299 Å². The van der Waals surface area contributed by atoms with Crippen LogP contribution in [-0.2, 0) is 20.1 Å². The van der Waals surface area contributed by atoms with Gasteiger partial charge >= 0.3 is 0 Å². The van der Waals surface area contributed by atoms with Crippen molar-refractivity contribution in [1.82, 2.24) is 9.97 Å². The second-order valence-electron chi connectivity index (χ2n) is 13.8. The molecule has 0 bridgehead atoms. The van der Waals surface area contributed by atoms with Crippen molar-refractivity contribution in [2.45, 2.75) is 61.2 Å². The predicted molar refractivity (Wildman–Crippen MR) is 201 cm³/mol. The SMILES string of the molecule is Cc1ccc[c-]c1-c1cc(C)c([Si](C)(C)C)cn1.Cc1ccnc(-c2[c-]ccc3c2oc2cc(-c4c(C)cc(C)cc4C)ccc23)c1.[Ir]. The minimum atomic E-state index is -1.29. The molecular weight excluding hydrogens is 781 g/mol. The van der Waals surface area contributed by atoms with E-state index in [4.69, 9.17) is 4.42 Å². The monoisotopic (exact) mass is 823 g/mol. The Morgan fingerprint density at radius 3 is 2.00 bits per heavy atom. The number of hydrogen-bond donors (Lipinski definition) is 0. The van der Waals surface area contributed by atoms with Gasteiger partial charge in [0.25, 0.3) is 0 Å². The van der Waals surface area contributed by atoms with E-state index in [1.165, 1.54) is 49.7 Å². The maximum Gasteiger partial charge on any atom is 0.121 e. The molecule has 245 valence electrons. The summed E-state index contributed by atoms with van der Waals surface area (Å²) in [5.41, 5.74) is 15.8. The Kier molecular flexibility index (Phi) is 10.4. The Hall–Kier alpha value is -4.15. The minimum Gasteiger partial charge on any atom is -0.501 e. The van der Waals surface area contributed by atoms with Crippen molar-refractivity contribution >= 4 is 35.2 Å². The van der Waals surface area contributed by atoms with Crippen LogP contribution in [0.2, 0.25) is 19.6 Å². The molecule has 3 aromatic heterocycles. The van der Waals surface area contributed by atoms with E-state index in [9.17, 15) is 0 Å². The van der Waals surface area contributed by atoms with Crippen molar-refractivity contribution in [3.63, 3.8) is 0 Å². The molecule has 48 heavy (non-hydrogen) atoms. The zero-order chi connectivity index (χ0) is 33.5. The molecule has 7 rings (SSSR count). The van der Waals surface area contributed by atoms with E-state index in [1.807, 2.05) is 30.5 Å². The molecule has 0 saturated heterocycles. The molecule has 3 heterocycles. The van der Waals surface area contributed by atoms with E-state index in [0.29, 0.717) is 0 Å². The van der Waals surface area contributed by atoms with Crippen molar-refractivity contribution in [2.24, 2.45) is 0 Å². The summed E-state index contributed by atoms with van der Waals surface area (Å²) in [6.07, 6.45) is 3.90. The van der Waals surface area contributed by atoms with Crippen LogP contribution in [0.15, 0.2) is 95.7 Å². The topological polar surface area (TPSA) is 38.9 Å². The van der Waals surface area contributed by atoms with Gasteiger partial charge in [-0.1, -0.05) is 90.6 Å². The quantitative estimate of drug-likeness (QED) is 0.131. The maximum absolute atomic E-state index is 6.37. The summed E-state index contributed by atoms with van der Waals surface area (Å²) < 4.78 is 6.37. The van der Waals surface area contributed by atoms with Gasteiger partial charge in [-0.2, -0.15) is 0 Å². The van der Waals surface area contributed by atoms with Gasteiger partial charge in [0, 0.05) is 37.9 Å². The Morgan fingerprint density at radius 1 is 0.625 bits per heavy atom. The van der Waals surface area contributed by atoms with Crippen LogP contribution in [0.5, 0.6) is 0 Å². The summed E-state index contributed by atoms with van der Waals surface area (Å²) in [7, 11) is -1.29. The minimum absolute atomic E-state index is 0. The molecule has 0 fully saturated rings. The van der Waals surface area contributed by atoms with Crippen LogP contribution in [0.4, 0.5) is 0 Å². The van der Waals surface area contributed by atoms with Crippen LogP contribution in [0.1, 0.15) is 33.4 Å². The average molecular weight is 823 g/mol. The van der Waals surface area contributed by atoms with E-state index in [1.54, 1.807) is 0 Å². The number of rotatable bonds is 4. The molecular formula is C43H42IrN2OSi-2. The molecule has 1 radical (unpaired) electrons. The molecule has 0 N–H and O–H groups in total. The van der Waals surface area contributed by atoms with Gasteiger partial charge in [-0.25, -0.2) is 0 Å². The molecule has 4 aromatic carbocycles. The summed E-state index contributed by atoms with van der Waals surface area (Å²) in [6, 6.07) is 34.0. The van der Waals surface area contributed by atoms with E-state index in [2.05, 4.69) is 144 Å². The Bertz CT molecular complexity index is 2240. The molecule has 0 aliphatic carbocycles. The van der Waals surface area contributed by atoms with E-state index in [-0.39, 0.29) is 20.1 Å². The second kappa shape index (κ2) is 14.1. The van der Waals surface area contributed by atoms with Crippen molar-refractivity contribution in [3.05, 3.63) is 137 Å². The number of aryl methyl sites for hydroxylation is 6. The van der Waals surface area contributed by atoms with E-state index < -0.39 is 8.07 Å². The standard InChI is InChI=1S/C27H22NO.C16H20NSi.Ir/c1-16-10-11-28-24(14-16)23-7-5-6-22-21-9-8-20(15-25(21)29-27(22)23)26-18(3)12-17(2)13-19(26)4;1-12-8-6-7-9-14(12)15-10-13(2)16(11-17-15)18(3,4)5;/h5-6,8-15H,1-4H3;6-8,10-11H,1-5H3;/q2*-1;. The maximum atomic E-state index is 6.37. The number of hydrogen-bond acceptors (Lipinski definition) is 3. The van der Waals surface area contributed by atoms with Crippen LogP contribution >= 0.6 is 0 Å². The molecule has 5 heteroatoms. The zero-order valence-corrected chi connectivity index (χ0v) is 32.7. The van der Waals surface area contributed by atoms with Crippen LogP contribution in [0.25, 0.3) is 55.6 Å². The van der Waals surface area contributed by atoms with Gasteiger partial charge in [0.05, 0.1) is 13.7 Å². The first-order valence-electron chi connectivity index (χ1n) is 16.2. The molecule has 7 aromatic rings. The second-order valence-corrected chi connectivity index (χ2v) is 18.8. The van der Waals surface area contributed by atoms with Gasteiger partial charge in [-0.3, -0.25) is 0 Å². The van der Waals surface area contributed by atoms with E-state index in [0.717, 1.165) is 44.5 Å². The first-order valence-corrected chi connectivity index (χ1v) is 19.7. The zero-order valence-electron chi connectivity index (χ0n) is 29.3. The number of benzene rings is 4. The van der Waals surface area contributed by atoms with Gasteiger partial charge in [-0.05, 0) is 85.6 Å². The summed E-state index contributed by atoms with van der Waals surface area (Å²) in [4.78, 5) is 9.18. The molecule has 3 nitrogen and oxygen atoms in total. The van der Waals surface area contributed by atoms with Crippen molar-refractivity contribution in [1.29, 1.82) is 0 Å². The third kappa shape index (κ3) is 7.15. The fourth-order valence-electron chi connectivity index (χ4n) is 6.67. The Morgan fingerprint density at radius 2 is 1.33 bits per heavy atom. The third-order valence-corrected chi connectivity index (χ3v) is 10.9. The predicted octanol–water partition coefficient (Wildman–Crippen LogP) is 11.1. The summed E-state index contributed by atoms with van der Waals surface area (Å²) >= 11 is 0. The van der Waals surface area contributed by atoms with Crippen LogP contribution in [0, 0.1) is 53.7 Å². The number of furan rings is 1. The van der Waals surface area contributed by atoms with Crippen molar-refractivity contribution < 1.29 is 24.5 Å². The number of aromatic nitrogens is 2. The number of nitrogens with zero attached hydrogens (tertiary/aromatic N) is 2. The summed E-state index contributed by atoms with van der Waals surface area (Å²) in [5.74, 6) is 0. The normalized spacial score (nSPS) is 11.3. The molecule has 0 amide bonds. The van der Waals surface area contributed by atoms with E-state index >= 15 is 0 Å². The van der Waals surface area contributed by atoms with Gasteiger partial charge in [-0.15, -0.1) is 53.6 Å². The average Bonchev–Trinajstić information content (AvgIpc) is 3.39. The number of pyridine rings is 2. The fourth-order valence-corrected chi connectivity index (χ4v) is 8.38. The number of fused-ring (bicyclic) bond motifs is 3. The molecule has 0 unspecified atom stereocenters. The van der Waals surface area contributed by atoms with Gasteiger partial charge in [0.15, 0.2) is 0 Å².